The Morgan fingerprint density at radius 3 is 2.50 bits per heavy atom. The first kappa shape index (κ1) is 12.4. The fourth-order valence-corrected chi connectivity index (χ4v) is 2.25. The van der Waals surface area contributed by atoms with E-state index in [9.17, 15) is 10.2 Å². The highest BCUT2D eigenvalue weighted by atomic mass is 16.5. The van der Waals surface area contributed by atoms with Gasteiger partial charge < -0.3 is 19.7 Å². The van der Waals surface area contributed by atoms with Crippen molar-refractivity contribution in [3.05, 3.63) is 47.5 Å². The number of hydrogen-bond donors (Lipinski definition) is 2. The first-order chi connectivity index (χ1) is 9.69. The summed E-state index contributed by atoms with van der Waals surface area (Å²) in [6.45, 7) is 0.386. The van der Waals surface area contributed by atoms with Crippen molar-refractivity contribution in [2.24, 2.45) is 0 Å². The summed E-state index contributed by atoms with van der Waals surface area (Å²) in [6.07, 6.45) is 1.99. The van der Waals surface area contributed by atoms with E-state index in [4.69, 9.17) is 9.47 Å². The van der Waals surface area contributed by atoms with Crippen LogP contribution in [-0.4, -0.2) is 23.9 Å². The first-order valence-electron chi connectivity index (χ1n) is 6.22. The molecule has 0 aliphatic carbocycles. The second-order valence-electron chi connectivity index (χ2n) is 4.54. The molecule has 4 nitrogen and oxygen atoms in total. The molecule has 20 heavy (non-hydrogen) atoms. The van der Waals surface area contributed by atoms with Gasteiger partial charge in [-0.2, -0.15) is 0 Å². The van der Waals surface area contributed by atoms with Crippen molar-refractivity contribution in [2.45, 2.75) is 0 Å². The lowest BCUT2D eigenvalue weighted by molar-refractivity contribution is 0.313. The van der Waals surface area contributed by atoms with E-state index in [-0.39, 0.29) is 11.5 Å². The molecule has 0 spiro atoms. The lowest BCUT2D eigenvalue weighted by atomic mass is 10.0. The number of hydrogen-bond acceptors (Lipinski definition) is 4. The molecule has 3 rings (SSSR count). The molecule has 0 fully saturated rings. The van der Waals surface area contributed by atoms with Crippen LogP contribution in [0.1, 0.15) is 11.1 Å². The molecule has 102 valence electrons. The van der Waals surface area contributed by atoms with Gasteiger partial charge in [-0.25, -0.2) is 0 Å². The van der Waals surface area contributed by atoms with Gasteiger partial charge in [0.1, 0.15) is 12.4 Å². The van der Waals surface area contributed by atoms with Gasteiger partial charge in [0.05, 0.1) is 7.11 Å². The van der Waals surface area contributed by atoms with Crippen LogP contribution >= 0.6 is 0 Å². The third-order valence-electron chi connectivity index (χ3n) is 3.27. The molecular weight excluding hydrogens is 256 g/mol. The number of phenolic OH excluding ortho intramolecular Hbond substituents is 2. The summed E-state index contributed by atoms with van der Waals surface area (Å²) in [4.78, 5) is 0. The van der Waals surface area contributed by atoms with Crippen LogP contribution in [0, 0.1) is 0 Å². The van der Waals surface area contributed by atoms with Gasteiger partial charge >= 0.3 is 0 Å². The molecule has 0 saturated heterocycles. The lowest BCUT2D eigenvalue weighted by Crippen LogP contribution is -2.07. The Kier molecular flexibility index (Phi) is 2.99. The molecule has 0 saturated carbocycles. The van der Waals surface area contributed by atoms with Crippen LogP contribution in [0.15, 0.2) is 36.4 Å². The smallest absolute Gasteiger partial charge is 0.203 e. The summed E-state index contributed by atoms with van der Waals surface area (Å²) in [6, 6.07) is 10.3. The number of ether oxygens (including phenoxy) is 2. The number of fused-ring (bicyclic) bond motifs is 1. The van der Waals surface area contributed by atoms with Gasteiger partial charge in [0.15, 0.2) is 11.5 Å². The Hall–Kier alpha value is -2.62. The molecule has 2 N–H and O–H groups in total. The van der Waals surface area contributed by atoms with Crippen LogP contribution < -0.4 is 9.47 Å². The molecule has 0 unspecified atom stereocenters. The molecule has 1 heterocycles. The quantitative estimate of drug-likeness (QED) is 0.880. The van der Waals surface area contributed by atoms with Gasteiger partial charge in [-0.05, 0) is 41.5 Å². The van der Waals surface area contributed by atoms with Gasteiger partial charge in [-0.15, -0.1) is 0 Å². The summed E-state index contributed by atoms with van der Waals surface area (Å²) in [5.74, 6) is 1.20. The predicted molar refractivity (Wildman–Crippen MR) is 76.1 cm³/mol. The standard InChI is InChI=1S/C16H14O4/c1-19-16-14(18)7-4-11-8-12(9-20-15(11)16)10-2-5-13(17)6-3-10/h2-8,17-18H,9H2,1H3. The summed E-state index contributed by atoms with van der Waals surface area (Å²) < 4.78 is 10.9. The van der Waals surface area contributed by atoms with Crippen molar-refractivity contribution < 1.29 is 19.7 Å². The van der Waals surface area contributed by atoms with Gasteiger partial charge in [0, 0.05) is 5.56 Å². The number of benzene rings is 2. The summed E-state index contributed by atoms with van der Waals surface area (Å²) in [7, 11) is 1.50. The fraction of sp³-hybridized carbons (Fsp3) is 0.125. The average molecular weight is 270 g/mol. The SMILES string of the molecule is COc1c(O)ccc2c1OCC(c1ccc(O)cc1)=C2. The molecule has 0 aromatic heterocycles. The monoisotopic (exact) mass is 270 g/mol. The van der Waals surface area contributed by atoms with Crippen LogP contribution in [0.5, 0.6) is 23.0 Å². The molecule has 0 atom stereocenters. The highest BCUT2D eigenvalue weighted by Crippen LogP contribution is 2.43. The van der Waals surface area contributed by atoms with Crippen molar-refractivity contribution in [1.82, 2.24) is 0 Å². The third kappa shape index (κ3) is 2.05. The molecule has 1 aliphatic heterocycles. The number of methoxy groups -OCH3 is 1. The largest absolute Gasteiger partial charge is 0.508 e. The van der Waals surface area contributed by atoms with Crippen molar-refractivity contribution in [3.8, 4) is 23.0 Å². The first-order valence-corrected chi connectivity index (χ1v) is 6.22. The van der Waals surface area contributed by atoms with Crippen LogP contribution in [0.25, 0.3) is 11.6 Å². The summed E-state index contributed by atoms with van der Waals surface area (Å²) in [5, 5.41) is 19.0. The van der Waals surface area contributed by atoms with Crippen molar-refractivity contribution >= 4 is 11.6 Å². The molecule has 0 radical (unpaired) electrons. The number of aromatic hydroxyl groups is 2. The van der Waals surface area contributed by atoms with Crippen molar-refractivity contribution in [2.75, 3.05) is 13.7 Å². The van der Waals surface area contributed by atoms with E-state index in [1.54, 1.807) is 24.3 Å². The summed E-state index contributed by atoms with van der Waals surface area (Å²) >= 11 is 0. The van der Waals surface area contributed by atoms with E-state index >= 15 is 0 Å². The Bertz CT molecular complexity index is 672. The number of rotatable bonds is 2. The van der Waals surface area contributed by atoms with E-state index in [2.05, 4.69) is 0 Å². The van der Waals surface area contributed by atoms with E-state index in [1.165, 1.54) is 7.11 Å². The zero-order chi connectivity index (χ0) is 14.1. The third-order valence-corrected chi connectivity index (χ3v) is 3.27. The fourth-order valence-electron chi connectivity index (χ4n) is 2.25. The van der Waals surface area contributed by atoms with E-state index in [1.807, 2.05) is 18.2 Å². The molecule has 2 aromatic carbocycles. The van der Waals surface area contributed by atoms with Gasteiger partial charge in [0.25, 0.3) is 0 Å². The van der Waals surface area contributed by atoms with Crippen LogP contribution in [0.3, 0.4) is 0 Å². The van der Waals surface area contributed by atoms with Crippen LogP contribution in [-0.2, 0) is 0 Å². The minimum Gasteiger partial charge on any atom is -0.508 e. The molecule has 4 heteroatoms. The van der Waals surface area contributed by atoms with Gasteiger partial charge in [-0.3, -0.25) is 0 Å². The van der Waals surface area contributed by atoms with Gasteiger partial charge in [-0.1, -0.05) is 12.1 Å². The molecule has 0 bridgehead atoms. The summed E-state index contributed by atoms with van der Waals surface area (Å²) in [5.41, 5.74) is 2.85. The minimum atomic E-state index is 0.0627. The Morgan fingerprint density at radius 1 is 1.05 bits per heavy atom. The highest BCUT2D eigenvalue weighted by molar-refractivity contribution is 5.87. The predicted octanol–water partition coefficient (Wildman–Crippen LogP) is 3.04. The molecular formula is C16H14O4. The van der Waals surface area contributed by atoms with Crippen LogP contribution in [0.4, 0.5) is 0 Å². The van der Waals surface area contributed by atoms with Crippen molar-refractivity contribution in [1.29, 1.82) is 0 Å². The number of phenols is 2. The zero-order valence-corrected chi connectivity index (χ0v) is 11.0. The topological polar surface area (TPSA) is 58.9 Å². The maximum absolute atomic E-state index is 9.73. The van der Waals surface area contributed by atoms with Crippen molar-refractivity contribution in [3.63, 3.8) is 0 Å². The molecule has 0 amide bonds. The molecule has 2 aromatic rings. The Morgan fingerprint density at radius 2 is 1.80 bits per heavy atom. The van der Waals surface area contributed by atoms with E-state index in [0.29, 0.717) is 18.1 Å². The van der Waals surface area contributed by atoms with E-state index in [0.717, 1.165) is 16.7 Å². The van der Waals surface area contributed by atoms with Gasteiger partial charge in [0.2, 0.25) is 5.75 Å². The van der Waals surface area contributed by atoms with E-state index < -0.39 is 0 Å². The van der Waals surface area contributed by atoms with Crippen LogP contribution in [0.2, 0.25) is 0 Å². The maximum atomic E-state index is 9.73. The Balaban J connectivity index is 2.04. The second-order valence-corrected chi connectivity index (χ2v) is 4.54. The highest BCUT2D eigenvalue weighted by Gasteiger charge is 2.19. The average Bonchev–Trinajstić information content (AvgIpc) is 2.47. The maximum Gasteiger partial charge on any atom is 0.203 e. The Labute approximate surface area is 116 Å². The second kappa shape index (κ2) is 4.81. The molecule has 1 aliphatic rings. The minimum absolute atomic E-state index is 0.0627. The normalized spacial score (nSPS) is 13.2. The zero-order valence-electron chi connectivity index (χ0n) is 11.0. The lowest BCUT2D eigenvalue weighted by Gasteiger charge is -2.20.